The Labute approximate surface area is 129 Å². The minimum Gasteiger partial charge on any atom is -0.489 e. The van der Waals surface area contributed by atoms with Gasteiger partial charge in [-0.3, -0.25) is 0 Å². The molecule has 2 fully saturated rings. The number of rotatable bonds is 2. The Balaban J connectivity index is 1.75. The smallest absolute Gasteiger partial charge is 0.138 e. The Morgan fingerprint density at radius 3 is 3.00 bits per heavy atom. The summed E-state index contributed by atoms with van der Waals surface area (Å²) in [7, 11) is 0. The van der Waals surface area contributed by atoms with E-state index in [-0.39, 0.29) is 23.4 Å². The fraction of sp³-hybridized carbons (Fsp3) is 0.529. The Morgan fingerprint density at radius 2 is 2.29 bits per heavy atom. The van der Waals surface area contributed by atoms with Gasteiger partial charge >= 0.3 is 0 Å². The van der Waals surface area contributed by atoms with Gasteiger partial charge in [0.1, 0.15) is 17.7 Å². The standard InChI is InChI=1S/C17H18ClFO2/c18-9-1-3-13-4-5-14(19)11-16(13)21-15-6-10-20-17(12-15)7-2-8-17/h4-5,11,15H,2,6-10,12H2. The van der Waals surface area contributed by atoms with Crippen molar-refractivity contribution in [3.05, 3.63) is 29.6 Å². The lowest BCUT2D eigenvalue weighted by Gasteiger charge is -2.46. The first-order valence-corrected chi connectivity index (χ1v) is 7.89. The highest BCUT2D eigenvalue weighted by Crippen LogP contribution is 2.43. The fourth-order valence-electron chi connectivity index (χ4n) is 3.01. The first-order chi connectivity index (χ1) is 10.2. The average Bonchev–Trinajstić information content (AvgIpc) is 2.45. The third-order valence-corrected chi connectivity index (χ3v) is 4.37. The number of alkyl halides is 1. The van der Waals surface area contributed by atoms with E-state index in [9.17, 15) is 4.39 Å². The number of ether oxygens (including phenoxy) is 2. The van der Waals surface area contributed by atoms with E-state index in [0.29, 0.717) is 17.9 Å². The molecule has 1 aliphatic heterocycles. The summed E-state index contributed by atoms with van der Waals surface area (Å²) in [6.07, 6.45) is 5.22. The zero-order chi connectivity index (χ0) is 14.7. The van der Waals surface area contributed by atoms with Crippen molar-refractivity contribution in [1.29, 1.82) is 0 Å². The summed E-state index contributed by atoms with van der Waals surface area (Å²) in [4.78, 5) is 0. The van der Waals surface area contributed by atoms with Gasteiger partial charge in [0.25, 0.3) is 0 Å². The molecule has 0 amide bonds. The second kappa shape index (κ2) is 6.25. The highest BCUT2D eigenvalue weighted by molar-refractivity contribution is 6.19. The number of hydrogen-bond acceptors (Lipinski definition) is 2. The molecule has 0 radical (unpaired) electrons. The van der Waals surface area contributed by atoms with Gasteiger partial charge in [0.15, 0.2) is 0 Å². The summed E-state index contributed by atoms with van der Waals surface area (Å²) >= 11 is 5.59. The lowest BCUT2D eigenvalue weighted by atomic mass is 9.74. The van der Waals surface area contributed by atoms with E-state index in [2.05, 4.69) is 11.8 Å². The zero-order valence-corrected chi connectivity index (χ0v) is 12.6. The monoisotopic (exact) mass is 308 g/mol. The summed E-state index contributed by atoms with van der Waals surface area (Å²) in [6.45, 7) is 0.711. The Kier molecular flexibility index (Phi) is 4.37. The van der Waals surface area contributed by atoms with Crippen LogP contribution in [-0.4, -0.2) is 24.2 Å². The SMILES string of the molecule is Fc1ccc(C#CCCl)c(OC2CCOC3(CCC3)C2)c1. The third-order valence-electron chi connectivity index (χ3n) is 4.24. The molecule has 2 nitrogen and oxygen atoms in total. The van der Waals surface area contributed by atoms with Gasteiger partial charge < -0.3 is 9.47 Å². The Hall–Kier alpha value is -1.24. The predicted octanol–water partition coefficient (Wildman–Crippen LogP) is 3.90. The van der Waals surface area contributed by atoms with Crippen LogP contribution in [0.25, 0.3) is 0 Å². The normalized spacial score (nSPS) is 23.0. The second-order valence-electron chi connectivity index (χ2n) is 5.69. The Bertz CT molecular complexity index is 572. The van der Waals surface area contributed by atoms with E-state index < -0.39 is 0 Å². The van der Waals surface area contributed by atoms with Gasteiger partial charge in [-0.05, 0) is 31.4 Å². The maximum Gasteiger partial charge on any atom is 0.138 e. The molecule has 1 aromatic carbocycles. The molecule has 1 heterocycles. The van der Waals surface area contributed by atoms with Crippen molar-refractivity contribution in [3.8, 4) is 17.6 Å². The van der Waals surface area contributed by atoms with Crippen LogP contribution >= 0.6 is 11.6 Å². The van der Waals surface area contributed by atoms with E-state index in [4.69, 9.17) is 21.1 Å². The summed E-state index contributed by atoms with van der Waals surface area (Å²) in [5.41, 5.74) is 0.698. The average molecular weight is 309 g/mol. The van der Waals surface area contributed by atoms with Gasteiger partial charge in [0.2, 0.25) is 0 Å². The van der Waals surface area contributed by atoms with Gasteiger partial charge in [-0.1, -0.05) is 11.8 Å². The van der Waals surface area contributed by atoms with Crippen LogP contribution in [0.4, 0.5) is 4.39 Å². The van der Waals surface area contributed by atoms with Crippen LogP contribution in [0, 0.1) is 17.7 Å². The molecular formula is C17H18ClFO2. The maximum atomic E-state index is 13.5. The predicted molar refractivity (Wildman–Crippen MR) is 80.2 cm³/mol. The molecule has 1 unspecified atom stereocenters. The van der Waals surface area contributed by atoms with E-state index in [1.165, 1.54) is 18.6 Å². The molecule has 1 saturated carbocycles. The lowest BCUT2D eigenvalue weighted by Crippen LogP contribution is -2.48. The first-order valence-electron chi connectivity index (χ1n) is 7.36. The van der Waals surface area contributed by atoms with Crippen LogP contribution in [0.15, 0.2) is 18.2 Å². The van der Waals surface area contributed by atoms with Crippen molar-refractivity contribution in [3.63, 3.8) is 0 Å². The largest absolute Gasteiger partial charge is 0.489 e. The van der Waals surface area contributed by atoms with E-state index in [1.807, 2.05) is 0 Å². The minimum atomic E-state index is -0.313. The van der Waals surface area contributed by atoms with Crippen molar-refractivity contribution >= 4 is 11.6 Å². The summed E-state index contributed by atoms with van der Waals surface area (Å²) in [5.74, 6) is 6.15. The quantitative estimate of drug-likeness (QED) is 0.609. The van der Waals surface area contributed by atoms with Crippen LogP contribution in [-0.2, 0) is 4.74 Å². The molecule has 1 saturated heterocycles. The number of hydrogen-bond donors (Lipinski definition) is 0. The molecule has 2 aliphatic rings. The van der Waals surface area contributed by atoms with Gasteiger partial charge in [-0.15, -0.1) is 11.6 Å². The molecule has 1 atom stereocenters. The van der Waals surface area contributed by atoms with Crippen LogP contribution in [0.3, 0.4) is 0 Å². The summed E-state index contributed by atoms with van der Waals surface area (Å²) in [5, 5.41) is 0. The fourth-order valence-corrected chi connectivity index (χ4v) is 3.07. The van der Waals surface area contributed by atoms with Gasteiger partial charge in [0, 0.05) is 18.9 Å². The molecule has 0 bridgehead atoms. The molecule has 1 aliphatic carbocycles. The topological polar surface area (TPSA) is 18.5 Å². The van der Waals surface area contributed by atoms with E-state index in [1.54, 1.807) is 6.07 Å². The van der Waals surface area contributed by atoms with Crippen LogP contribution in [0.5, 0.6) is 5.75 Å². The molecule has 1 aromatic rings. The molecule has 0 aromatic heterocycles. The summed E-state index contributed by atoms with van der Waals surface area (Å²) in [6, 6.07) is 4.44. The molecule has 21 heavy (non-hydrogen) atoms. The molecule has 1 spiro atoms. The molecule has 112 valence electrons. The van der Waals surface area contributed by atoms with E-state index >= 15 is 0 Å². The number of benzene rings is 1. The van der Waals surface area contributed by atoms with Crippen molar-refractivity contribution in [2.75, 3.05) is 12.5 Å². The minimum absolute atomic E-state index is 0.0121. The highest BCUT2D eigenvalue weighted by atomic mass is 35.5. The molecular weight excluding hydrogens is 291 g/mol. The van der Waals surface area contributed by atoms with Crippen molar-refractivity contribution in [2.45, 2.75) is 43.8 Å². The van der Waals surface area contributed by atoms with Crippen LogP contribution < -0.4 is 4.74 Å². The molecule has 3 rings (SSSR count). The highest BCUT2D eigenvalue weighted by Gasteiger charge is 2.43. The van der Waals surface area contributed by atoms with Crippen molar-refractivity contribution in [2.24, 2.45) is 0 Å². The van der Waals surface area contributed by atoms with Crippen molar-refractivity contribution < 1.29 is 13.9 Å². The first kappa shape index (κ1) is 14.7. The van der Waals surface area contributed by atoms with Crippen LogP contribution in [0.2, 0.25) is 0 Å². The van der Waals surface area contributed by atoms with Gasteiger partial charge in [-0.25, -0.2) is 4.39 Å². The summed E-state index contributed by atoms with van der Waals surface area (Å²) < 4.78 is 25.4. The number of halogens is 2. The molecule has 4 heteroatoms. The third kappa shape index (κ3) is 3.33. The van der Waals surface area contributed by atoms with Gasteiger partial charge in [-0.2, -0.15) is 0 Å². The lowest BCUT2D eigenvalue weighted by molar-refractivity contribution is -0.153. The maximum absolute atomic E-state index is 13.5. The second-order valence-corrected chi connectivity index (χ2v) is 5.96. The Morgan fingerprint density at radius 1 is 1.43 bits per heavy atom. The zero-order valence-electron chi connectivity index (χ0n) is 11.8. The van der Waals surface area contributed by atoms with Crippen LogP contribution in [0.1, 0.15) is 37.7 Å². The van der Waals surface area contributed by atoms with Gasteiger partial charge in [0.05, 0.1) is 23.7 Å². The molecule has 0 N–H and O–H groups in total. The van der Waals surface area contributed by atoms with E-state index in [0.717, 1.165) is 25.7 Å². The van der Waals surface area contributed by atoms with Crippen molar-refractivity contribution in [1.82, 2.24) is 0 Å².